The van der Waals surface area contributed by atoms with Crippen molar-refractivity contribution in [3.05, 3.63) is 59.7 Å². The number of hydrogen-bond donors (Lipinski definition) is 1. The van der Waals surface area contributed by atoms with Crippen molar-refractivity contribution in [3.8, 4) is 0 Å². The summed E-state index contributed by atoms with van der Waals surface area (Å²) < 4.78 is 44.0. The minimum absolute atomic E-state index is 0.254. The van der Waals surface area contributed by atoms with Crippen LogP contribution in [0.3, 0.4) is 0 Å². The van der Waals surface area contributed by atoms with Crippen LogP contribution in [-0.4, -0.2) is 37.1 Å². The molecule has 0 saturated carbocycles. The van der Waals surface area contributed by atoms with Gasteiger partial charge in [0.15, 0.2) is 0 Å². The van der Waals surface area contributed by atoms with E-state index in [1.165, 1.54) is 25.0 Å². The summed E-state index contributed by atoms with van der Waals surface area (Å²) in [4.78, 5) is 14.8. The van der Waals surface area contributed by atoms with Crippen molar-refractivity contribution in [2.45, 2.75) is 25.4 Å². The molecule has 150 valence electrons. The summed E-state index contributed by atoms with van der Waals surface area (Å²) in [7, 11) is 0. The maximum Gasteiger partial charge on any atom is 0.416 e. The largest absolute Gasteiger partial charge is 0.462 e. The first kappa shape index (κ1) is 20.2. The van der Waals surface area contributed by atoms with Crippen molar-refractivity contribution in [1.82, 2.24) is 4.90 Å². The molecule has 7 heteroatoms. The first-order valence-electron chi connectivity index (χ1n) is 9.36. The average Bonchev–Trinajstić information content (AvgIpc) is 3.18. The Bertz CT molecular complexity index is 802. The third-order valence-electron chi connectivity index (χ3n) is 4.67. The van der Waals surface area contributed by atoms with Gasteiger partial charge in [-0.25, -0.2) is 4.79 Å². The fourth-order valence-electron chi connectivity index (χ4n) is 3.24. The van der Waals surface area contributed by atoms with Gasteiger partial charge in [-0.3, -0.25) is 0 Å². The molecule has 4 nitrogen and oxygen atoms in total. The van der Waals surface area contributed by atoms with Gasteiger partial charge in [0.2, 0.25) is 0 Å². The number of hydrogen-bond acceptors (Lipinski definition) is 4. The summed E-state index contributed by atoms with van der Waals surface area (Å²) in [6.07, 6.45) is -1.23. The molecule has 1 aliphatic rings. The maximum atomic E-state index is 12.9. The van der Waals surface area contributed by atoms with E-state index in [4.69, 9.17) is 4.74 Å². The Labute approximate surface area is 162 Å². The molecular formula is C21H23F3N2O2. The predicted octanol–water partition coefficient (Wildman–Crippen LogP) is 5.09. The molecule has 0 radical (unpaired) electrons. The number of carbonyl (C=O) groups excluding carboxylic acids is 1. The Hall–Kier alpha value is -2.54. The first-order chi connectivity index (χ1) is 13.4. The Morgan fingerprint density at radius 2 is 1.82 bits per heavy atom. The van der Waals surface area contributed by atoms with Gasteiger partial charge in [0, 0.05) is 12.2 Å². The molecule has 1 aliphatic heterocycles. The number of nitrogens with zero attached hydrogens (tertiary/aromatic N) is 1. The molecule has 2 aromatic carbocycles. The third kappa shape index (κ3) is 5.48. The Kier molecular flexibility index (Phi) is 6.57. The molecule has 0 aliphatic carbocycles. The van der Waals surface area contributed by atoms with Crippen LogP contribution in [-0.2, 0) is 10.9 Å². The Morgan fingerprint density at radius 1 is 1.07 bits per heavy atom. The number of likely N-dealkylation sites (tertiary alicyclic amines) is 1. The molecule has 0 spiro atoms. The van der Waals surface area contributed by atoms with Gasteiger partial charge in [0.05, 0.1) is 23.4 Å². The molecule has 1 fully saturated rings. The van der Waals surface area contributed by atoms with Crippen LogP contribution >= 0.6 is 0 Å². The second kappa shape index (κ2) is 9.10. The van der Waals surface area contributed by atoms with Gasteiger partial charge in [-0.05, 0) is 62.7 Å². The van der Waals surface area contributed by atoms with E-state index in [0.29, 0.717) is 17.9 Å². The highest BCUT2D eigenvalue weighted by Crippen LogP contribution is 2.32. The lowest BCUT2D eigenvalue weighted by Gasteiger charge is -2.15. The van der Waals surface area contributed by atoms with Gasteiger partial charge < -0.3 is 15.0 Å². The molecule has 28 heavy (non-hydrogen) atoms. The van der Waals surface area contributed by atoms with E-state index in [2.05, 4.69) is 10.2 Å². The van der Waals surface area contributed by atoms with Gasteiger partial charge in [-0.2, -0.15) is 13.2 Å². The molecule has 0 atom stereocenters. The van der Waals surface area contributed by atoms with Crippen LogP contribution in [0.25, 0.3) is 0 Å². The molecule has 1 heterocycles. The highest BCUT2D eigenvalue weighted by atomic mass is 19.4. The van der Waals surface area contributed by atoms with E-state index in [-0.39, 0.29) is 5.69 Å². The van der Waals surface area contributed by atoms with E-state index < -0.39 is 17.7 Å². The van der Waals surface area contributed by atoms with Crippen LogP contribution in [0, 0.1) is 0 Å². The van der Waals surface area contributed by atoms with E-state index in [1.54, 1.807) is 24.3 Å². The summed E-state index contributed by atoms with van der Waals surface area (Å²) in [6, 6.07) is 11.5. The number of benzene rings is 2. The van der Waals surface area contributed by atoms with Gasteiger partial charge in [-0.15, -0.1) is 0 Å². The van der Waals surface area contributed by atoms with Crippen LogP contribution < -0.4 is 5.32 Å². The topological polar surface area (TPSA) is 41.6 Å². The minimum Gasteiger partial charge on any atom is -0.462 e. The lowest BCUT2D eigenvalue weighted by Crippen LogP contribution is -2.22. The third-order valence-corrected chi connectivity index (χ3v) is 4.67. The number of alkyl halides is 3. The molecule has 0 bridgehead atoms. The van der Waals surface area contributed by atoms with Gasteiger partial charge in [0.1, 0.15) is 0 Å². The number of para-hydroxylation sites is 1. The highest BCUT2D eigenvalue weighted by Gasteiger charge is 2.30. The lowest BCUT2D eigenvalue weighted by molar-refractivity contribution is -0.137. The summed E-state index contributed by atoms with van der Waals surface area (Å²) in [5.41, 5.74) is 0.205. The van der Waals surface area contributed by atoms with Crippen LogP contribution in [0.1, 0.15) is 35.2 Å². The number of carbonyl (C=O) groups is 1. The molecule has 0 aromatic heterocycles. The van der Waals surface area contributed by atoms with Gasteiger partial charge >= 0.3 is 12.1 Å². The van der Waals surface area contributed by atoms with Crippen molar-refractivity contribution in [1.29, 1.82) is 0 Å². The Balaban J connectivity index is 1.61. The second-order valence-electron chi connectivity index (χ2n) is 6.79. The summed E-state index contributed by atoms with van der Waals surface area (Å²) in [6.45, 7) is 3.40. The average molecular weight is 392 g/mol. The zero-order chi connectivity index (χ0) is 20.0. The van der Waals surface area contributed by atoms with Crippen molar-refractivity contribution in [2.24, 2.45) is 0 Å². The summed E-state index contributed by atoms with van der Waals surface area (Å²) in [5, 5.41) is 2.89. The number of anilines is 2. The van der Waals surface area contributed by atoms with Crippen molar-refractivity contribution < 1.29 is 22.7 Å². The van der Waals surface area contributed by atoms with Gasteiger partial charge in [0.25, 0.3) is 0 Å². The second-order valence-corrected chi connectivity index (χ2v) is 6.79. The molecular weight excluding hydrogens is 369 g/mol. The van der Waals surface area contributed by atoms with E-state index >= 15 is 0 Å². The van der Waals surface area contributed by atoms with E-state index in [9.17, 15) is 18.0 Å². The molecule has 0 unspecified atom stereocenters. The highest BCUT2D eigenvalue weighted by molar-refractivity contribution is 5.96. The monoisotopic (exact) mass is 392 g/mol. The SMILES string of the molecule is O=C(OCCCN1CCCC1)c1ccccc1Nc1cccc(C(F)(F)F)c1. The van der Waals surface area contributed by atoms with Crippen molar-refractivity contribution in [2.75, 3.05) is 31.6 Å². The van der Waals surface area contributed by atoms with E-state index in [1.807, 2.05) is 0 Å². The number of ether oxygens (including phenoxy) is 1. The molecule has 2 aromatic rings. The summed E-state index contributed by atoms with van der Waals surface area (Å²) >= 11 is 0. The van der Waals surface area contributed by atoms with E-state index in [0.717, 1.165) is 38.2 Å². The quantitative estimate of drug-likeness (QED) is 0.526. The number of halogens is 3. The van der Waals surface area contributed by atoms with Gasteiger partial charge in [-0.1, -0.05) is 18.2 Å². The number of nitrogens with one attached hydrogen (secondary N) is 1. The fraction of sp³-hybridized carbons (Fsp3) is 0.381. The first-order valence-corrected chi connectivity index (χ1v) is 9.36. The minimum atomic E-state index is -4.43. The number of rotatable bonds is 7. The van der Waals surface area contributed by atoms with Crippen LogP contribution in [0.15, 0.2) is 48.5 Å². The van der Waals surface area contributed by atoms with Crippen molar-refractivity contribution in [3.63, 3.8) is 0 Å². The predicted molar refractivity (Wildman–Crippen MR) is 102 cm³/mol. The fourth-order valence-corrected chi connectivity index (χ4v) is 3.24. The zero-order valence-electron chi connectivity index (χ0n) is 15.5. The normalized spacial score (nSPS) is 14.8. The van der Waals surface area contributed by atoms with Crippen LogP contribution in [0.2, 0.25) is 0 Å². The molecule has 1 saturated heterocycles. The molecule has 3 rings (SSSR count). The standard InChI is InChI=1S/C21H23F3N2O2/c22-21(23,24)16-7-5-8-17(15-16)25-19-10-2-1-9-18(19)20(27)28-14-6-13-26-11-3-4-12-26/h1-2,5,7-10,15,25H,3-4,6,11-14H2. The molecule has 0 amide bonds. The van der Waals surface area contributed by atoms with Crippen molar-refractivity contribution >= 4 is 17.3 Å². The van der Waals surface area contributed by atoms with Crippen LogP contribution in [0.5, 0.6) is 0 Å². The summed E-state index contributed by atoms with van der Waals surface area (Å²) in [5.74, 6) is -0.489. The zero-order valence-corrected chi connectivity index (χ0v) is 15.5. The smallest absolute Gasteiger partial charge is 0.416 e. The lowest BCUT2D eigenvalue weighted by atomic mass is 10.1. The Morgan fingerprint density at radius 3 is 2.57 bits per heavy atom. The molecule has 1 N–H and O–H groups in total. The number of esters is 1. The van der Waals surface area contributed by atoms with Crippen LogP contribution in [0.4, 0.5) is 24.5 Å². The maximum absolute atomic E-state index is 12.9.